The van der Waals surface area contributed by atoms with E-state index in [1.54, 1.807) is 0 Å². The molecule has 1 unspecified atom stereocenters. The summed E-state index contributed by atoms with van der Waals surface area (Å²) >= 11 is 0. The lowest BCUT2D eigenvalue weighted by Gasteiger charge is -2.28. The second-order valence-electron chi connectivity index (χ2n) is 4.16. The Kier molecular flexibility index (Phi) is 4.40. The first-order chi connectivity index (χ1) is 6.94. The van der Waals surface area contributed by atoms with Gasteiger partial charge in [-0.25, -0.2) is 0 Å². The fourth-order valence-corrected chi connectivity index (χ4v) is 1.88. The van der Waals surface area contributed by atoms with Gasteiger partial charge in [0.25, 0.3) is 0 Å². The lowest BCUT2D eigenvalue weighted by Crippen LogP contribution is -2.43. The van der Waals surface area contributed by atoms with Gasteiger partial charge in [-0.2, -0.15) is 13.2 Å². The van der Waals surface area contributed by atoms with Crippen LogP contribution in [0.4, 0.5) is 13.2 Å². The molecule has 0 aromatic heterocycles. The molecule has 0 saturated heterocycles. The summed E-state index contributed by atoms with van der Waals surface area (Å²) in [5.74, 6) is 0. The summed E-state index contributed by atoms with van der Waals surface area (Å²) in [5, 5.41) is 2.46. The summed E-state index contributed by atoms with van der Waals surface area (Å²) in [6.45, 7) is 4.46. The van der Waals surface area contributed by atoms with Crippen LogP contribution in [0.2, 0.25) is 0 Å². The summed E-state index contributed by atoms with van der Waals surface area (Å²) < 4.78 is 35.7. The molecule has 0 spiro atoms. The van der Waals surface area contributed by atoms with Crippen LogP contribution in [0.3, 0.4) is 0 Å². The van der Waals surface area contributed by atoms with Crippen LogP contribution >= 0.6 is 0 Å². The van der Waals surface area contributed by atoms with Crippen LogP contribution in [0.15, 0.2) is 0 Å². The number of hydrogen-bond acceptors (Lipinski definition) is 2. The van der Waals surface area contributed by atoms with Crippen molar-refractivity contribution >= 4 is 0 Å². The molecule has 0 amide bonds. The zero-order valence-electron chi connectivity index (χ0n) is 9.27. The number of halogens is 3. The maximum atomic E-state index is 11.9. The highest BCUT2D eigenvalue weighted by Crippen LogP contribution is 2.28. The minimum absolute atomic E-state index is 0.185. The van der Waals surface area contributed by atoms with Gasteiger partial charge in [-0.15, -0.1) is 0 Å². The Balaban J connectivity index is 2.19. The average molecular weight is 224 g/mol. The predicted octanol–water partition coefficient (Wildman–Crippen LogP) is 2.01. The maximum Gasteiger partial charge on any atom is 0.401 e. The van der Waals surface area contributed by atoms with Crippen LogP contribution in [0.5, 0.6) is 0 Å². The number of hydrogen-bond donors (Lipinski definition) is 1. The molecule has 1 N–H and O–H groups in total. The molecule has 5 heteroatoms. The molecule has 0 aliphatic heterocycles. The van der Waals surface area contributed by atoms with Gasteiger partial charge in [-0.05, 0) is 26.3 Å². The lowest BCUT2D eigenvalue weighted by molar-refractivity contribution is -0.125. The topological polar surface area (TPSA) is 15.3 Å². The number of nitrogens with zero attached hydrogens (tertiary/aromatic N) is 1. The van der Waals surface area contributed by atoms with E-state index in [2.05, 4.69) is 17.1 Å². The third-order valence-electron chi connectivity index (χ3n) is 2.71. The molecule has 1 atom stereocenters. The van der Waals surface area contributed by atoms with Crippen molar-refractivity contribution in [2.45, 2.75) is 44.9 Å². The van der Waals surface area contributed by atoms with Crippen LogP contribution in [-0.4, -0.2) is 42.8 Å². The molecule has 0 bridgehead atoms. The molecule has 1 rings (SSSR count). The van der Waals surface area contributed by atoms with Crippen LogP contribution in [-0.2, 0) is 0 Å². The third kappa shape index (κ3) is 4.84. The van der Waals surface area contributed by atoms with E-state index in [1.807, 2.05) is 6.92 Å². The highest BCUT2D eigenvalue weighted by atomic mass is 19.4. The van der Waals surface area contributed by atoms with Crippen molar-refractivity contribution in [2.75, 3.05) is 19.6 Å². The van der Waals surface area contributed by atoms with E-state index in [9.17, 15) is 13.2 Å². The van der Waals surface area contributed by atoms with Gasteiger partial charge in [0.1, 0.15) is 0 Å². The second-order valence-corrected chi connectivity index (χ2v) is 4.16. The van der Waals surface area contributed by atoms with Crippen LogP contribution < -0.4 is 5.32 Å². The van der Waals surface area contributed by atoms with E-state index in [0.29, 0.717) is 12.6 Å². The predicted molar refractivity (Wildman–Crippen MR) is 53.8 cm³/mol. The molecule has 1 aliphatic carbocycles. The molecule has 1 fully saturated rings. The molecular formula is C10H19F3N2. The van der Waals surface area contributed by atoms with E-state index in [4.69, 9.17) is 0 Å². The Labute approximate surface area is 88.8 Å². The van der Waals surface area contributed by atoms with Gasteiger partial charge in [-0.1, -0.05) is 6.92 Å². The van der Waals surface area contributed by atoms with Crippen molar-refractivity contribution in [1.82, 2.24) is 10.2 Å². The zero-order chi connectivity index (χ0) is 11.5. The normalized spacial score (nSPS) is 19.6. The first kappa shape index (κ1) is 12.8. The minimum Gasteiger partial charge on any atom is -0.307 e. The van der Waals surface area contributed by atoms with Crippen molar-refractivity contribution in [3.8, 4) is 0 Å². The molecule has 1 aliphatic rings. The van der Waals surface area contributed by atoms with E-state index in [0.717, 1.165) is 6.54 Å². The van der Waals surface area contributed by atoms with Crippen molar-refractivity contribution in [3.05, 3.63) is 0 Å². The van der Waals surface area contributed by atoms with Gasteiger partial charge >= 0.3 is 6.18 Å². The standard InChI is InChI=1S/C10H19F3N2/c1-3-15(9-4-5-9)8(2)6-14-7-10(11,12)13/h8-9,14H,3-7H2,1-2H3. The molecule has 1 saturated carbocycles. The summed E-state index contributed by atoms with van der Waals surface area (Å²) in [6, 6.07) is 0.794. The Morgan fingerprint density at radius 3 is 2.40 bits per heavy atom. The molecule has 2 nitrogen and oxygen atoms in total. The van der Waals surface area contributed by atoms with Gasteiger partial charge < -0.3 is 5.32 Å². The quantitative estimate of drug-likeness (QED) is 0.742. The third-order valence-corrected chi connectivity index (χ3v) is 2.71. The summed E-state index contributed by atoms with van der Waals surface area (Å²) in [4.78, 5) is 2.27. The Bertz CT molecular complexity index is 190. The summed E-state index contributed by atoms with van der Waals surface area (Å²) in [5.41, 5.74) is 0. The number of nitrogens with one attached hydrogen (secondary N) is 1. The SMILES string of the molecule is CCN(C(C)CNCC(F)(F)F)C1CC1. The van der Waals surface area contributed by atoms with Gasteiger partial charge in [0.05, 0.1) is 6.54 Å². The van der Waals surface area contributed by atoms with Crippen molar-refractivity contribution < 1.29 is 13.2 Å². The van der Waals surface area contributed by atoms with Crippen LogP contribution in [0, 0.1) is 0 Å². The highest BCUT2D eigenvalue weighted by molar-refractivity contribution is 4.87. The van der Waals surface area contributed by atoms with Crippen molar-refractivity contribution in [3.63, 3.8) is 0 Å². The van der Waals surface area contributed by atoms with Gasteiger partial charge in [0.15, 0.2) is 0 Å². The molecule has 15 heavy (non-hydrogen) atoms. The van der Waals surface area contributed by atoms with Crippen LogP contribution in [0.1, 0.15) is 26.7 Å². The first-order valence-corrected chi connectivity index (χ1v) is 5.47. The first-order valence-electron chi connectivity index (χ1n) is 5.47. The molecule has 0 aromatic rings. The fraction of sp³-hybridized carbons (Fsp3) is 1.00. The number of likely N-dealkylation sites (N-methyl/N-ethyl adjacent to an activating group) is 1. The largest absolute Gasteiger partial charge is 0.401 e. The van der Waals surface area contributed by atoms with Gasteiger partial charge in [0.2, 0.25) is 0 Å². The zero-order valence-corrected chi connectivity index (χ0v) is 9.27. The average Bonchev–Trinajstić information content (AvgIpc) is 2.87. The summed E-state index contributed by atoms with van der Waals surface area (Å²) in [6.07, 6.45) is -1.72. The number of alkyl halides is 3. The Morgan fingerprint density at radius 2 is 2.00 bits per heavy atom. The molecular weight excluding hydrogens is 205 g/mol. The molecule has 90 valence electrons. The molecule has 0 aromatic carbocycles. The monoisotopic (exact) mass is 224 g/mol. The second kappa shape index (κ2) is 5.16. The highest BCUT2D eigenvalue weighted by Gasteiger charge is 2.31. The van der Waals surface area contributed by atoms with E-state index in [-0.39, 0.29) is 6.04 Å². The molecule has 0 radical (unpaired) electrons. The van der Waals surface area contributed by atoms with Crippen molar-refractivity contribution in [1.29, 1.82) is 0 Å². The van der Waals surface area contributed by atoms with Crippen LogP contribution in [0.25, 0.3) is 0 Å². The fourth-order valence-electron chi connectivity index (χ4n) is 1.88. The lowest BCUT2D eigenvalue weighted by atomic mass is 10.2. The number of rotatable bonds is 6. The molecule has 0 heterocycles. The van der Waals surface area contributed by atoms with E-state index in [1.165, 1.54) is 12.8 Å². The van der Waals surface area contributed by atoms with Gasteiger partial charge in [0, 0.05) is 18.6 Å². The minimum atomic E-state index is -4.10. The van der Waals surface area contributed by atoms with Crippen molar-refractivity contribution in [2.24, 2.45) is 0 Å². The smallest absolute Gasteiger partial charge is 0.307 e. The maximum absolute atomic E-state index is 11.9. The van der Waals surface area contributed by atoms with E-state index < -0.39 is 12.7 Å². The Morgan fingerprint density at radius 1 is 1.40 bits per heavy atom. The van der Waals surface area contributed by atoms with Gasteiger partial charge in [-0.3, -0.25) is 4.90 Å². The Hall–Kier alpha value is -0.290. The summed E-state index contributed by atoms with van der Waals surface area (Å²) in [7, 11) is 0. The van der Waals surface area contributed by atoms with E-state index >= 15 is 0 Å².